The van der Waals surface area contributed by atoms with Gasteiger partial charge >= 0.3 is 0 Å². The summed E-state index contributed by atoms with van der Waals surface area (Å²) in [5.74, 6) is 0.628. The molecule has 1 aromatic carbocycles. The average molecular weight is 334 g/mol. The molecule has 23 heavy (non-hydrogen) atoms. The third-order valence-corrected chi connectivity index (χ3v) is 6.46. The molecule has 0 bridgehead atoms. The molecular weight excluding hydrogens is 308 g/mol. The van der Waals surface area contributed by atoms with Gasteiger partial charge < -0.3 is 5.32 Å². The van der Waals surface area contributed by atoms with Crippen molar-refractivity contribution in [3.8, 4) is 0 Å². The molecule has 0 aliphatic carbocycles. The van der Waals surface area contributed by atoms with Gasteiger partial charge in [0.25, 0.3) is 0 Å². The van der Waals surface area contributed by atoms with Crippen molar-refractivity contribution in [2.24, 2.45) is 0 Å². The second-order valence-electron chi connectivity index (χ2n) is 6.46. The van der Waals surface area contributed by atoms with Crippen LogP contribution in [-0.4, -0.2) is 31.2 Å². The second-order valence-corrected chi connectivity index (χ2v) is 8.43. The number of nitrogens with zero attached hydrogens (tertiary/aromatic N) is 1. The molecule has 1 aliphatic heterocycles. The summed E-state index contributed by atoms with van der Waals surface area (Å²) < 4.78 is 27.1. The first-order valence-corrected chi connectivity index (χ1v) is 10.3. The number of aromatic nitrogens is 1. The van der Waals surface area contributed by atoms with Gasteiger partial charge in [0.15, 0.2) is 0 Å². The van der Waals surface area contributed by atoms with E-state index in [1.54, 1.807) is 0 Å². The van der Waals surface area contributed by atoms with Crippen molar-refractivity contribution in [2.75, 3.05) is 18.8 Å². The lowest BCUT2D eigenvalue weighted by Gasteiger charge is -2.22. The van der Waals surface area contributed by atoms with Crippen LogP contribution in [0.4, 0.5) is 0 Å². The molecule has 0 saturated carbocycles. The van der Waals surface area contributed by atoms with E-state index in [1.165, 1.54) is 9.54 Å². The molecule has 2 aromatic rings. The summed E-state index contributed by atoms with van der Waals surface area (Å²) in [4.78, 5) is 0. The van der Waals surface area contributed by atoms with Crippen LogP contribution < -0.4 is 5.32 Å². The number of rotatable bonds is 6. The highest BCUT2D eigenvalue weighted by atomic mass is 32.2. The highest BCUT2D eigenvalue weighted by molar-refractivity contribution is 7.90. The Kier molecular flexibility index (Phi) is 5.07. The Morgan fingerprint density at radius 1 is 1.26 bits per heavy atom. The van der Waals surface area contributed by atoms with Crippen molar-refractivity contribution < 1.29 is 8.42 Å². The van der Waals surface area contributed by atoms with Crippen LogP contribution in [0.25, 0.3) is 10.9 Å². The first kappa shape index (κ1) is 16.5. The van der Waals surface area contributed by atoms with Crippen LogP contribution in [0.1, 0.15) is 50.5 Å². The third-order valence-electron chi connectivity index (χ3n) is 4.75. The van der Waals surface area contributed by atoms with Gasteiger partial charge in [-0.15, -0.1) is 0 Å². The number of benzene rings is 1. The number of hydrogen-bond acceptors (Lipinski definition) is 3. The fourth-order valence-electron chi connectivity index (χ4n) is 3.48. The number of unbranched alkanes of at least 4 members (excludes halogenated alkanes) is 2. The van der Waals surface area contributed by atoms with E-state index in [0.29, 0.717) is 5.92 Å². The van der Waals surface area contributed by atoms with E-state index in [0.717, 1.165) is 56.1 Å². The van der Waals surface area contributed by atoms with Crippen LogP contribution in [0.2, 0.25) is 0 Å². The number of nitrogens with one attached hydrogen (secondary N) is 1. The highest BCUT2D eigenvalue weighted by Crippen LogP contribution is 2.32. The Morgan fingerprint density at radius 2 is 2.09 bits per heavy atom. The number of hydrogen-bond donors (Lipinski definition) is 1. The lowest BCUT2D eigenvalue weighted by Crippen LogP contribution is -2.28. The van der Waals surface area contributed by atoms with Gasteiger partial charge in [-0.1, -0.05) is 38.0 Å². The van der Waals surface area contributed by atoms with Crippen LogP contribution >= 0.6 is 0 Å². The van der Waals surface area contributed by atoms with Gasteiger partial charge in [0.2, 0.25) is 10.0 Å². The summed E-state index contributed by atoms with van der Waals surface area (Å²) in [5, 5.41) is 4.51. The Hall–Kier alpha value is -1.33. The second kappa shape index (κ2) is 7.05. The monoisotopic (exact) mass is 334 g/mol. The van der Waals surface area contributed by atoms with Crippen molar-refractivity contribution in [1.29, 1.82) is 0 Å². The van der Waals surface area contributed by atoms with Crippen LogP contribution in [0.15, 0.2) is 30.5 Å². The van der Waals surface area contributed by atoms with Gasteiger partial charge in [-0.3, -0.25) is 0 Å². The molecular formula is C18H26N2O2S. The van der Waals surface area contributed by atoms with Crippen LogP contribution in [0.5, 0.6) is 0 Å². The first-order chi connectivity index (χ1) is 11.1. The molecule has 126 valence electrons. The summed E-state index contributed by atoms with van der Waals surface area (Å²) in [6.07, 6.45) is 6.86. The third kappa shape index (κ3) is 3.45. The molecule has 3 rings (SSSR count). The minimum atomic E-state index is -3.28. The predicted molar refractivity (Wildman–Crippen MR) is 95.5 cm³/mol. The number of piperidine rings is 1. The standard InChI is InChI=1S/C18H26N2O2S/c1-2-3-6-12-23(21,22)20-14-17(15-8-7-11-19-13-15)16-9-4-5-10-18(16)20/h4-5,9-10,14-15,19H,2-3,6-8,11-13H2,1H3. The molecule has 0 radical (unpaired) electrons. The smallest absolute Gasteiger partial charge is 0.238 e. The maximum Gasteiger partial charge on any atom is 0.238 e. The Bertz CT molecular complexity index is 758. The number of fused-ring (bicyclic) bond motifs is 1. The molecule has 4 nitrogen and oxygen atoms in total. The molecule has 5 heteroatoms. The molecule has 1 atom stereocenters. The van der Waals surface area contributed by atoms with Crippen molar-refractivity contribution in [3.63, 3.8) is 0 Å². The topological polar surface area (TPSA) is 51.1 Å². The SMILES string of the molecule is CCCCCS(=O)(=O)n1cc(C2CCCNC2)c2ccccc21. The molecule has 1 saturated heterocycles. The molecule has 1 aliphatic rings. The van der Waals surface area contributed by atoms with Crippen LogP contribution in [0.3, 0.4) is 0 Å². The van der Waals surface area contributed by atoms with Crippen molar-refractivity contribution in [3.05, 3.63) is 36.0 Å². The Labute approximate surface area is 138 Å². The van der Waals surface area contributed by atoms with Gasteiger partial charge in [0.1, 0.15) is 0 Å². The minimum Gasteiger partial charge on any atom is -0.316 e. The van der Waals surface area contributed by atoms with Gasteiger partial charge in [-0.05, 0) is 43.4 Å². The zero-order chi connectivity index (χ0) is 16.3. The quantitative estimate of drug-likeness (QED) is 0.823. The van der Waals surface area contributed by atoms with E-state index in [4.69, 9.17) is 0 Å². The lowest BCUT2D eigenvalue weighted by molar-refractivity contribution is 0.463. The summed E-state index contributed by atoms with van der Waals surface area (Å²) in [7, 11) is -3.28. The number of para-hydroxylation sites is 1. The molecule has 2 heterocycles. The maximum absolute atomic E-state index is 12.8. The van der Waals surface area contributed by atoms with Crippen LogP contribution in [-0.2, 0) is 10.0 Å². The molecule has 0 spiro atoms. The van der Waals surface area contributed by atoms with E-state index in [1.807, 2.05) is 24.4 Å². The molecule has 1 unspecified atom stereocenters. The molecule has 1 aromatic heterocycles. The summed E-state index contributed by atoms with van der Waals surface area (Å²) in [6, 6.07) is 7.89. The Morgan fingerprint density at radius 3 is 2.83 bits per heavy atom. The molecule has 1 fully saturated rings. The summed E-state index contributed by atoms with van der Waals surface area (Å²) >= 11 is 0. The fraction of sp³-hybridized carbons (Fsp3) is 0.556. The van der Waals surface area contributed by atoms with E-state index >= 15 is 0 Å². The van der Waals surface area contributed by atoms with E-state index in [-0.39, 0.29) is 5.75 Å². The van der Waals surface area contributed by atoms with Crippen molar-refractivity contribution >= 4 is 20.9 Å². The van der Waals surface area contributed by atoms with E-state index in [2.05, 4.69) is 18.3 Å². The van der Waals surface area contributed by atoms with Gasteiger partial charge in [-0.2, -0.15) is 0 Å². The predicted octanol–water partition coefficient (Wildman–Crippen LogP) is 3.48. The van der Waals surface area contributed by atoms with E-state index < -0.39 is 10.0 Å². The van der Waals surface area contributed by atoms with Crippen LogP contribution in [0, 0.1) is 0 Å². The zero-order valence-electron chi connectivity index (χ0n) is 13.8. The largest absolute Gasteiger partial charge is 0.316 e. The minimum absolute atomic E-state index is 0.224. The van der Waals surface area contributed by atoms with Crippen molar-refractivity contribution in [2.45, 2.75) is 44.9 Å². The maximum atomic E-state index is 12.8. The first-order valence-electron chi connectivity index (χ1n) is 8.67. The fourth-order valence-corrected chi connectivity index (χ4v) is 4.98. The highest BCUT2D eigenvalue weighted by Gasteiger charge is 2.23. The zero-order valence-corrected chi connectivity index (χ0v) is 14.6. The Balaban J connectivity index is 2.00. The molecule has 1 N–H and O–H groups in total. The summed E-state index contributed by atoms with van der Waals surface area (Å²) in [5.41, 5.74) is 2.00. The van der Waals surface area contributed by atoms with Gasteiger partial charge in [0.05, 0.1) is 11.3 Å². The van der Waals surface area contributed by atoms with Gasteiger partial charge in [-0.25, -0.2) is 12.4 Å². The molecule has 0 amide bonds. The normalized spacial score (nSPS) is 19.3. The van der Waals surface area contributed by atoms with Crippen molar-refractivity contribution in [1.82, 2.24) is 9.29 Å². The van der Waals surface area contributed by atoms with E-state index in [9.17, 15) is 8.42 Å². The van der Waals surface area contributed by atoms with Gasteiger partial charge in [0, 0.05) is 18.1 Å². The summed E-state index contributed by atoms with van der Waals surface area (Å²) in [6.45, 7) is 4.08. The lowest BCUT2D eigenvalue weighted by atomic mass is 9.91. The average Bonchev–Trinajstić information content (AvgIpc) is 2.96.